The van der Waals surface area contributed by atoms with Crippen LogP contribution in [0.2, 0.25) is 5.02 Å². The van der Waals surface area contributed by atoms with Crippen molar-refractivity contribution in [2.45, 2.75) is 12.8 Å². The maximum atomic E-state index is 12.9. The zero-order valence-corrected chi connectivity index (χ0v) is 15.9. The number of amides is 1. The van der Waals surface area contributed by atoms with Gasteiger partial charge in [0.05, 0.1) is 16.8 Å². The van der Waals surface area contributed by atoms with Crippen molar-refractivity contribution >= 4 is 28.4 Å². The Hall–Kier alpha value is -2.43. The van der Waals surface area contributed by atoms with Crippen LogP contribution < -0.4 is 5.32 Å². The van der Waals surface area contributed by atoms with Crippen LogP contribution in [0.3, 0.4) is 0 Å². The second-order valence-corrected chi connectivity index (χ2v) is 7.26. The summed E-state index contributed by atoms with van der Waals surface area (Å²) in [5.41, 5.74) is 2.97. The highest BCUT2D eigenvalue weighted by atomic mass is 35.5. The van der Waals surface area contributed by atoms with Crippen molar-refractivity contribution in [3.8, 4) is 11.3 Å². The summed E-state index contributed by atoms with van der Waals surface area (Å²) in [6.07, 6.45) is 2.51. The largest absolute Gasteiger partial charge is 0.351 e. The maximum absolute atomic E-state index is 12.9. The van der Waals surface area contributed by atoms with Gasteiger partial charge in [-0.3, -0.25) is 4.79 Å². The third-order valence-corrected chi connectivity index (χ3v) is 5.35. The number of carbonyl (C=O) groups excluding carboxylic acids is 1. The summed E-state index contributed by atoms with van der Waals surface area (Å²) in [5.74, 6) is -0.0684. The van der Waals surface area contributed by atoms with Crippen LogP contribution in [0.4, 0.5) is 0 Å². The topological polar surface area (TPSA) is 45.2 Å². The first-order valence-electron chi connectivity index (χ1n) is 9.37. The third kappa shape index (κ3) is 3.97. The lowest BCUT2D eigenvalue weighted by Crippen LogP contribution is -2.33. The van der Waals surface area contributed by atoms with E-state index in [1.807, 2.05) is 54.6 Å². The van der Waals surface area contributed by atoms with Crippen molar-refractivity contribution in [1.82, 2.24) is 15.2 Å². The molecule has 1 fully saturated rings. The van der Waals surface area contributed by atoms with Crippen LogP contribution in [-0.2, 0) is 0 Å². The van der Waals surface area contributed by atoms with Gasteiger partial charge in [-0.2, -0.15) is 0 Å². The molecule has 0 spiro atoms. The Bertz CT molecular complexity index is 967. The first kappa shape index (κ1) is 18.0. The molecule has 0 bridgehead atoms. The number of nitrogens with one attached hydrogen (secondary N) is 1. The minimum atomic E-state index is -0.0684. The number of hydrogen-bond acceptors (Lipinski definition) is 3. The predicted molar refractivity (Wildman–Crippen MR) is 110 cm³/mol. The Morgan fingerprint density at radius 2 is 1.81 bits per heavy atom. The van der Waals surface area contributed by atoms with Gasteiger partial charge in [0.25, 0.3) is 5.91 Å². The molecule has 1 saturated heterocycles. The van der Waals surface area contributed by atoms with E-state index in [0.717, 1.165) is 36.1 Å². The molecule has 0 unspecified atom stereocenters. The van der Waals surface area contributed by atoms with Gasteiger partial charge in [-0.1, -0.05) is 48.0 Å². The highest BCUT2D eigenvalue weighted by Crippen LogP contribution is 2.29. The number of hydrogen-bond donors (Lipinski definition) is 1. The monoisotopic (exact) mass is 379 g/mol. The van der Waals surface area contributed by atoms with Crippen molar-refractivity contribution in [2.24, 2.45) is 0 Å². The molecule has 1 aromatic heterocycles. The van der Waals surface area contributed by atoms with Crippen LogP contribution >= 0.6 is 11.6 Å². The number of benzene rings is 2. The van der Waals surface area contributed by atoms with Gasteiger partial charge in [0.15, 0.2) is 0 Å². The summed E-state index contributed by atoms with van der Waals surface area (Å²) < 4.78 is 0. The lowest BCUT2D eigenvalue weighted by Gasteiger charge is -2.15. The summed E-state index contributed by atoms with van der Waals surface area (Å²) in [4.78, 5) is 20.0. The first-order valence-corrected chi connectivity index (χ1v) is 9.75. The summed E-state index contributed by atoms with van der Waals surface area (Å²) >= 11 is 6.35. The van der Waals surface area contributed by atoms with E-state index in [-0.39, 0.29) is 5.91 Å². The van der Waals surface area contributed by atoms with Gasteiger partial charge in [0.1, 0.15) is 0 Å². The summed E-state index contributed by atoms with van der Waals surface area (Å²) in [6.45, 7) is 3.80. The third-order valence-electron chi connectivity index (χ3n) is 5.02. The Morgan fingerprint density at radius 3 is 2.63 bits per heavy atom. The van der Waals surface area contributed by atoms with E-state index in [2.05, 4.69) is 10.2 Å². The number of rotatable bonds is 5. The van der Waals surface area contributed by atoms with Gasteiger partial charge in [-0.15, -0.1) is 0 Å². The summed E-state index contributed by atoms with van der Waals surface area (Å²) in [5, 5.41) is 4.55. The molecule has 3 aromatic rings. The maximum Gasteiger partial charge on any atom is 0.252 e. The Morgan fingerprint density at radius 1 is 1.07 bits per heavy atom. The van der Waals surface area contributed by atoms with Gasteiger partial charge >= 0.3 is 0 Å². The fourth-order valence-corrected chi connectivity index (χ4v) is 3.83. The van der Waals surface area contributed by atoms with Crippen LogP contribution in [0.1, 0.15) is 23.2 Å². The quantitative estimate of drug-likeness (QED) is 0.715. The van der Waals surface area contributed by atoms with Crippen molar-refractivity contribution in [3.63, 3.8) is 0 Å². The number of likely N-dealkylation sites (tertiary alicyclic amines) is 1. The van der Waals surface area contributed by atoms with Crippen molar-refractivity contribution < 1.29 is 4.79 Å². The molecular formula is C22H22ClN3O. The molecule has 1 aliphatic heterocycles. The molecule has 138 valence electrons. The van der Waals surface area contributed by atoms with Crippen LogP contribution in [0.25, 0.3) is 22.2 Å². The second kappa shape index (κ2) is 8.07. The van der Waals surface area contributed by atoms with E-state index in [1.165, 1.54) is 12.8 Å². The van der Waals surface area contributed by atoms with E-state index in [0.29, 0.717) is 22.8 Å². The lowest BCUT2D eigenvalue weighted by atomic mass is 10.0. The van der Waals surface area contributed by atoms with Crippen molar-refractivity contribution in [1.29, 1.82) is 0 Å². The average Bonchev–Trinajstić information content (AvgIpc) is 3.21. The summed E-state index contributed by atoms with van der Waals surface area (Å²) in [6, 6.07) is 17.1. The number of pyridine rings is 1. The van der Waals surface area contributed by atoms with E-state index >= 15 is 0 Å². The van der Waals surface area contributed by atoms with Crippen LogP contribution in [0.15, 0.2) is 54.6 Å². The van der Waals surface area contributed by atoms with Crippen LogP contribution in [0, 0.1) is 0 Å². The number of para-hydroxylation sites is 1. The molecule has 2 aromatic carbocycles. The molecule has 5 heteroatoms. The minimum Gasteiger partial charge on any atom is -0.351 e. The standard InChI is InChI=1S/C22H22ClN3O/c23-19-9-3-1-8-17(19)21-15-18(16-7-2-4-10-20(16)25-21)22(27)24-11-14-26-12-5-6-13-26/h1-4,7-10,15H,5-6,11-14H2,(H,24,27). The van der Waals surface area contributed by atoms with E-state index in [9.17, 15) is 4.79 Å². The Labute approximate surface area is 164 Å². The lowest BCUT2D eigenvalue weighted by molar-refractivity contribution is 0.0951. The SMILES string of the molecule is O=C(NCCN1CCCC1)c1cc(-c2ccccc2Cl)nc2ccccc12. The molecule has 0 aliphatic carbocycles. The number of halogens is 1. The molecule has 0 saturated carbocycles. The minimum absolute atomic E-state index is 0.0684. The molecule has 27 heavy (non-hydrogen) atoms. The number of fused-ring (bicyclic) bond motifs is 1. The fraction of sp³-hybridized carbons (Fsp3) is 0.273. The number of nitrogens with zero attached hydrogens (tertiary/aromatic N) is 2. The van der Waals surface area contributed by atoms with E-state index in [4.69, 9.17) is 16.6 Å². The number of aromatic nitrogens is 1. The van der Waals surface area contributed by atoms with E-state index < -0.39 is 0 Å². The molecule has 1 N–H and O–H groups in total. The van der Waals surface area contributed by atoms with E-state index in [1.54, 1.807) is 0 Å². The van der Waals surface area contributed by atoms with Crippen LogP contribution in [-0.4, -0.2) is 42.0 Å². The molecule has 4 nitrogen and oxygen atoms in total. The predicted octanol–water partition coefficient (Wildman–Crippen LogP) is 4.38. The van der Waals surface area contributed by atoms with Gasteiger partial charge in [0.2, 0.25) is 0 Å². The highest BCUT2D eigenvalue weighted by Gasteiger charge is 2.16. The van der Waals surface area contributed by atoms with Gasteiger partial charge in [0, 0.05) is 29.1 Å². The van der Waals surface area contributed by atoms with Crippen molar-refractivity contribution in [3.05, 3.63) is 65.2 Å². The van der Waals surface area contributed by atoms with Crippen LogP contribution in [0.5, 0.6) is 0 Å². The van der Waals surface area contributed by atoms with Crippen molar-refractivity contribution in [2.75, 3.05) is 26.2 Å². The molecule has 1 aliphatic rings. The molecule has 0 radical (unpaired) electrons. The summed E-state index contributed by atoms with van der Waals surface area (Å²) in [7, 11) is 0. The highest BCUT2D eigenvalue weighted by molar-refractivity contribution is 6.33. The smallest absolute Gasteiger partial charge is 0.252 e. The Kier molecular flexibility index (Phi) is 5.37. The second-order valence-electron chi connectivity index (χ2n) is 6.86. The molecule has 4 rings (SSSR count). The normalized spacial score (nSPS) is 14.6. The molecule has 1 amide bonds. The first-order chi connectivity index (χ1) is 13.2. The molecule has 2 heterocycles. The number of carbonyl (C=O) groups is 1. The Balaban J connectivity index is 1.64. The average molecular weight is 380 g/mol. The molecular weight excluding hydrogens is 358 g/mol. The fourth-order valence-electron chi connectivity index (χ4n) is 3.60. The van der Waals surface area contributed by atoms with Gasteiger partial charge in [-0.25, -0.2) is 4.98 Å². The molecule has 0 atom stereocenters. The zero-order valence-electron chi connectivity index (χ0n) is 15.1. The van der Waals surface area contributed by atoms with Gasteiger partial charge < -0.3 is 10.2 Å². The van der Waals surface area contributed by atoms with Gasteiger partial charge in [-0.05, 0) is 44.1 Å². The zero-order chi connectivity index (χ0) is 18.6.